The van der Waals surface area contributed by atoms with E-state index in [1.807, 2.05) is 18.4 Å². The third kappa shape index (κ3) is 4.27. The molecular weight excluding hydrogens is 304 g/mol. The van der Waals surface area contributed by atoms with E-state index < -0.39 is 0 Å². The normalized spacial score (nSPS) is 31.9. The zero-order valence-electron chi connectivity index (χ0n) is 14.6. The van der Waals surface area contributed by atoms with Gasteiger partial charge in [-0.1, -0.05) is 13.0 Å². The average molecular weight is 335 g/mol. The third-order valence-electron chi connectivity index (χ3n) is 5.40. The molecule has 0 spiro atoms. The second kappa shape index (κ2) is 7.67. The molecule has 1 saturated heterocycles. The minimum Gasteiger partial charge on any atom is -0.356 e. The van der Waals surface area contributed by atoms with Crippen molar-refractivity contribution in [3.8, 4) is 0 Å². The number of piperidine rings is 1. The van der Waals surface area contributed by atoms with Crippen molar-refractivity contribution in [3.05, 3.63) is 22.4 Å². The number of hydrogen-bond acceptors (Lipinski definition) is 3. The summed E-state index contributed by atoms with van der Waals surface area (Å²) in [7, 11) is 4.13. The molecule has 2 heterocycles. The first-order valence-corrected chi connectivity index (χ1v) is 9.75. The Bertz CT molecular complexity index is 513. The molecule has 2 aliphatic rings. The topological polar surface area (TPSA) is 39.7 Å². The van der Waals surface area contributed by atoms with Gasteiger partial charge in [-0.15, -0.1) is 11.3 Å². The first-order chi connectivity index (χ1) is 11.2. The molecule has 1 aliphatic carbocycles. The molecule has 0 amide bonds. The van der Waals surface area contributed by atoms with Crippen molar-refractivity contribution >= 4 is 17.3 Å². The van der Waals surface area contributed by atoms with Gasteiger partial charge in [0, 0.05) is 31.1 Å². The van der Waals surface area contributed by atoms with Gasteiger partial charge in [-0.2, -0.15) is 0 Å². The fourth-order valence-electron chi connectivity index (χ4n) is 3.74. The number of nitrogens with zero attached hydrogens (tertiary/aromatic N) is 2. The maximum Gasteiger partial charge on any atom is 0.190 e. The Morgan fingerprint density at radius 3 is 2.70 bits per heavy atom. The van der Waals surface area contributed by atoms with Gasteiger partial charge in [0.2, 0.25) is 0 Å². The number of hydrogen-bond donors (Lipinski definition) is 2. The Labute approximate surface area is 144 Å². The summed E-state index contributed by atoms with van der Waals surface area (Å²) in [5, 5.41) is 9.25. The van der Waals surface area contributed by atoms with Crippen LogP contribution in [0.5, 0.6) is 0 Å². The van der Waals surface area contributed by atoms with Crippen LogP contribution < -0.4 is 10.6 Å². The van der Waals surface area contributed by atoms with E-state index in [9.17, 15) is 0 Å². The molecule has 1 aromatic heterocycles. The standard InChI is InChI=1S/C18H30N4S/c1-13-10-15(13)12-21-18(19-2)20-11-14-6-4-8-22(3)17(14)16-7-5-9-23-16/h5,7,9,13-15,17H,4,6,8,10-12H2,1-3H3,(H2,19,20,21). The summed E-state index contributed by atoms with van der Waals surface area (Å²) in [6.45, 7) is 5.57. The zero-order chi connectivity index (χ0) is 16.2. The SMILES string of the molecule is CN=C(NCC1CC1C)NCC1CCCN(C)C1c1cccs1. The molecule has 1 aromatic rings. The Morgan fingerprint density at radius 2 is 2.09 bits per heavy atom. The van der Waals surface area contributed by atoms with Crippen LogP contribution in [0, 0.1) is 17.8 Å². The lowest BCUT2D eigenvalue weighted by atomic mass is 9.88. The van der Waals surface area contributed by atoms with E-state index in [4.69, 9.17) is 0 Å². The Morgan fingerprint density at radius 1 is 1.35 bits per heavy atom. The van der Waals surface area contributed by atoms with E-state index in [-0.39, 0.29) is 0 Å². The van der Waals surface area contributed by atoms with Gasteiger partial charge in [0.1, 0.15) is 0 Å². The van der Waals surface area contributed by atoms with Gasteiger partial charge in [-0.05, 0) is 62.1 Å². The molecule has 0 aromatic carbocycles. The van der Waals surface area contributed by atoms with Crippen LogP contribution in [0.15, 0.2) is 22.5 Å². The van der Waals surface area contributed by atoms with Crippen molar-refractivity contribution in [2.45, 2.75) is 32.2 Å². The van der Waals surface area contributed by atoms with Crippen LogP contribution in [0.25, 0.3) is 0 Å². The van der Waals surface area contributed by atoms with Gasteiger partial charge in [0.25, 0.3) is 0 Å². The fraction of sp³-hybridized carbons (Fsp3) is 0.722. The molecule has 0 bridgehead atoms. The Hall–Kier alpha value is -1.07. The first kappa shape index (κ1) is 16.8. The van der Waals surface area contributed by atoms with Gasteiger partial charge in [0.15, 0.2) is 5.96 Å². The van der Waals surface area contributed by atoms with E-state index in [2.05, 4.69) is 52.0 Å². The summed E-state index contributed by atoms with van der Waals surface area (Å²) in [6, 6.07) is 4.99. The molecule has 3 rings (SSSR count). The quantitative estimate of drug-likeness (QED) is 0.642. The molecular formula is C18H30N4S. The van der Waals surface area contributed by atoms with Crippen LogP contribution in [-0.4, -0.2) is 44.6 Å². The molecule has 0 radical (unpaired) electrons. The predicted molar refractivity (Wildman–Crippen MR) is 99.0 cm³/mol. The monoisotopic (exact) mass is 334 g/mol. The highest BCUT2D eigenvalue weighted by Crippen LogP contribution is 2.37. The minimum atomic E-state index is 0.540. The van der Waals surface area contributed by atoms with Gasteiger partial charge >= 0.3 is 0 Å². The number of thiophene rings is 1. The van der Waals surface area contributed by atoms with Crippen LogP contribution in [0.4, 0.5) is 0 Å². The molecule has 4 unspecified atom stereocenters. The smallest absolute Gasteiger partial charge is 0.190 e. The third-order valence-corrected chi connectivity index (χ3v) is 6.35. The van der Waals surface area contributed by atoms with Crippen LogP contribution in [-0.2, 0) is 0 Å². The molecule has 1 aliphatic heterocycles. The van der Waals surface area contributed by atoms with E-state index in [0.29, 0.717) is 12.0 Å². The molecule has 5 heteroatoms. The summed E-state index contributed by atoms with van der Waals surface area (Å²) in [4.78, 5) is 8.40. The number of rotatable bonds is 5. The van der Waals surface area contributed by atoms with Crippen LogP contribution in [0.1, 0.15) is 37.1 Å². The van der Waals surface area contributed by atoms with E-state index in [1.165, 1.54) is 30.7 Å². The highest BCUT2D eigenvalue weighted by atomic mass is 32.1. The summed E-state index contributed by atoms with van der Waals surface area (Å²) in [5.41, 5.74) is 0. The first-order valence-electron chi connectivity index (χ1n) is 8.87. The number of guanidine groups is 1. The number of aliphatic imine (C=N–C) groups is 1. The lowest BCUT2D eigenvalue weighted by Gasteiger charge is -2.39. The van der Waals surface area contributed by atoms with Gasteiger partial charge < -0.3 is 10.6 Å². The number of likely N-dealkylation sites (tertiary alicyclic amines) is 1. The maximum absolute atomic E-state index is 4.39. The number of nitrogens with one attached hydrogen (secondary N) is 2. The fourth-order valence-corrected chi connectivity index (χ4v) is 4.73. The lowest BCUT2D eigenvalue weighted by molar-refractivity contribution is 0.125. The second-order valence-corrected chi connectivity index (χ2v) is 8.13. The van der Waals surface area contributed by atoms with Gasteiger partial charge in [-0.25, -0.2) is 0 Å². The molecule has 2 N–H and O–H groups in total. The lowest BCUT2D eigenvalue weighted by Crippen LogP contribution is -2.45. The largest absolute Gasteiger partial charge is 0.356 e. The van der Waals surface area contributed by atoms with Crippen molar-refractivity contribution in [1.82, 2.24) is 15.5 Å². The highest BCUT2D eigenvalue weighted by Gasteiger charge is 2.33. The minimum absolute atomic E-state index is 0.540. The molecule has 1 saturated carbocycles. The summed E-state index contributed by atoms with van der Waals surface area (Å²) >= 11 is 1.88. The van der Waals surface area contributed by atoms with Crippen molar-refractivity contribution in [1.29, 1.82) is 0 Å². The molecule has 23 heavy (non-hydrogen) atoms. The summed E-state index contributed by atoms with van der Waals surface area (Å²) in [6.07, 6.45) is 3.94. The molecule has 2 fully saturated rings. The Kier molecular flexibility index (Phi) is 5.59. The molecule has 4 atom stereocenters. The van der Waals surface area contributed by atoms with Crippen molar-refractivity contribution in [2.75, 3.05) is 33.7 Å². The Balaban J connectivity index is 1.54. The van der Waals surface area contributed by atoms with Crippen LogP contribution in [0.2, 0.25) is 0 Å². The van der Waals surface area contributed by atoms with E-state index >= 15 is 0 Å². The molecule has 4 nitrogen and oxygen atoms in total. The highest BCUT2D eigenvalue weighted by molar-refractivity contribution is 7.10. The molecule has 128 valence electrons. The van der Waals surface area contributed by atoms with Crippen LogP contribution >= 0.6 is 11.3 Å². The zero-order valence-corrected chi connectivity index (χ0v) is 15.4. The van der Waals surface area contributed by atoms with Gasteiger partial charge in [0.05, 0.1) is 0 Å². The summed E-state index contributed by atoms with van der Waals surface area (Å²) in [5.74, 6) is 3.33. The van der Waals surface area contributed by atoms with Crippen molar-refractivity contribution < 1.29 is 0 Å². The van der Waals surface area contributed by atoms with Gasteiger partial charge in [-0.3, -0.25) is 9.89 Å². The van der Waals surface area contributed by atoms with Crippen LogP contribution in [0.3, 0.4) is 0 Å². The second-order valence-electron chi connectivity index (χ2n) is 7.15. The predicted octanol–water partition coefficient (Wildman–Crippen LogP) is 2.95. The van der Waals surface area contributed by atoms with E-state index in [0.717, 1.165) is 30.9 Å². The van der Waals surface area contributed by atoms with Crippen molar-refractivity contribution in [3.63, 3.8) is 0 Å². The average Bonchev–Trinajstić information content (AvgIpc) is 3.01. The van der Waals surface area contributed by atoms with Crippen molar-refractivity contribution in [2.24, 2.45) is 22.7 Å². The summed E-state index contributed by atoms with van der Waals surface area (Å²) < 4.78 is 0. The van der Waals surface area contributed by atoms with E-state index in [1.54, 1.807) is 0 Å². The maximum atomic E-state index is 4.39.